The van der Waals surface area contributed by atoms with Crippen molar-refractivity contribution < 1.29 is 14.3 Å². The number of carbonyl (C=O) groups excluding carboxylic acids is 1. The van der Waals surface area contributed by atoms with Crippen molar-refractivity contribution in [3.8, 4) is 0 Å². The van der Waals surface area contributed by atoms with Crippen LogP contribution in [0.5, 0.6) is 0 Å². The van der Waals surface area contributed by atoms with E-state index in [4.69, 9.17) is 0 Å². The third kappa shape index (κ3) is 4.81. The Morgan fingerprint density at radius 3 is 2.54 bits per heavy atom. The molecule has 0 unspecified atom stereocenters. The van der Waals surface area contributed by atoms with Crippen LogP contribution in [0.25, 0.3) is 0 Å². The first-order chi connectivity index (χ1) is 12.5. The van der Waals surface area contributed by atoms with E-state index >= 15 is 0 Å². The zero-order chi connectivity index (χ0) is 18.5. The minimum atomic E-state index is -0.821. The molecule has 0 spiro atoms. The van der Waals surface area contributed by atoms with E-state index in [1.165, 1.54) is 12.5 Å². The van der Waals surface area contributed by atoms with E-state index in [1.54, 1.807) is 18.2 Å². The molecule has 2 aliphatic heterocycles. The standard InChI is InChI=1S/C20H30FN3O2/c1-16-6-4-5-9-24(16)20(26)15-23-12-10-22(11-13-23)14-19(25)17-7-2-3-8-18(17)21/h2-3,7-8,16,19,25H,4-6,9-15H2,1H3/t16-,19-/m1/s1. The van der Waals surface area contributed by atoms with Crippen LogP contribution in [0.4, 0.5) is 4.39 Å². The molecule has 2 saturated heterocycles. The molecule has 0 saturated carbocycles. The normalized spacial score (nSPS) is 23.8. The Balaban J connectivity index is 1.44. The van der Waals surface area contributed by atoms with Gasteiger partial charge in [0.15, 0.2) is 0 Å². The molecule has 0 aromatic heterocycles. The third-order valence-electron chi connectivity index (χ3n) is 5.64. The molecule has 1 aromatic carbocycles. The molecule has 0 aliphatic carbocycles. The van der Waals surface area contributed by atoms with E-state index in [0.717, 1.165) is 45.6 Å². The molecule has 2 fully saturated rings. The molecule has 1 N–H and O–H groups in total. The Labute approximate surface area is 155 Å². The van der Waals surface area contributed by atoms with E-state index in [0.29, 0.717) is 24.7 Å². The first-order valence-electron chi connectivity index (χ1n) is 9.71. The maximum Gasteiger partial charge on any atom is 0.236 e. The van der Waals surface area contributed by atoms with Crippen LogP contribution < -0.4 is 0 Å². The lowest BCUT2D eigenvalue weighted by Crippen LogP contribution is -2.52. The highest BCUT2D eigenvalue weighted by atomic mass is 19.1. The SMILES string of the molecule is C[C@@H]1CCCCN1C(=O)CN1CCN(C[C@@H](O)c2ccccc2F)CC1. The summed E-state index contributed by atoms with van der Waals surface area (Å²) in [6.45, 7) is 7.10. The average Bonchev–Trinajstić information content (AvgIpc) is 2.64. The molecule has 2 atom stereocenters. The quantitative estimate of drug-likeness (QED) is 0.868. The van der Waals surface area contributed by atoms with Crippen LogP contribution in [0.3, 0.4) is 0 Å². The smallest absolute Gasteiger partial charge is 0.236 e. The van der Waals surface area contributed by atoms with Crippen LogP contribution in [-0.4, -0.2) is 77.6 Å². The molecule has 1 amide bonds. The number of rotatable bonds is 5. The van der Waals surface area contributed by atoms with Gasteiger partial charge in [-0.3, -0.25) is 14.6 Å². The molecular formula is C20H30FN3O2. The molecule has 0 radical (unpaired) electrons. The van der Waals surface area contributed by atoms with Crippen LogP contribution >= 0.6 is 0 Å². The van der Waals surface area contributed by atoms with Crippen molar-refractivity contribution >= 4 is 5.91 Å². The Kier molecular flexibility index (Phi) is 6.62. The van der Waals surface area contributed by atoms with Crippen molar-refractivity contribution in [2.75, 3.05) is 45.8 Å². The number of β-amino-alcohol motifs (C(OH)–C–C–N with tert-alkyl or cyclic N) is 1. The lowest BCUT2D eigenvalue weighted by atomic mass is 10.0. The van der Waals surface area contributed by atoms with Gasteiger partial charge in [-0.2, -0.15) is 0 Å². The molecule has 0 bridgehead atoms. The van der Waals surface area contributed by atoms with E-state index in [-0.39, 0.29) is 11.7 Å². The van der Waals surface area contributed by atoms with Gasteiger partial charge in [-0.1, -0.05) is 18.2 Å². The molecule has 3 rings (SSSR count). The van der Waals surface area contributed by atoms with Gasteiger partial charge in [0, 0.05) is 50.9 Å². The number of piperazine rings is 1. The molecule has 144 valence electrons. The van der Waals surface area contributed by atoms with E-state index in [1.807, 2.05) is 4.90 Å². The number of carbonyl (C=O) groups is 1. The van der Waals surface area contributed by atoms with E-state index < -0.39 is 6.10 Å². The van der Waals surface area contributed by atoms with Crippen molar-refractivity contribution in [1.29, 1.82) is 0 Å². The maximum atomic E-state index is 13.8. The monoisotopic (exact) mass is 363 g/mol. The fourth-order valence-electron chi connectivity index (χ4n) is 3.97. The number of hydrogen-bond acceptors (Lipinski definition) is 4. The average molecular weight is 363 g/mol. The molecule has 26 heavy (non-hydrogen) atoms. The van der Waals surface area contributed by atoms with Gasteiger partial charge in [-0.25, -0.2) is 4.39 Å². The summed E-state index contributed by atoms with van der Waals surface area (Å²) in [5.74, 6) is -0.128. The minimum Gasteiger partial charge on any atom is -0.387 e. The maximum absolute atomic E-state index is 13.8. The molecular weight excluding hydrogens is 333 g/mol. The Hall–Kier alpha value is -1.50. The second kappa shape index (κ2) is 8.93. The van der Waals surface area contributed by atoms with Gasteiger partial charge in [0.1, 0.15) is 5.82 Å². The van der Waals surface area contributed by atoms with Gasteiger partial charge in [0.2, 0.25) is 5.91 Å². The van der Waals surface area contributed by atoms with Gasteiger partial charge >= 0.3 is 0 Å². The zero-order valence-corrected chi connectivity index (χ0v) is 15.6. The summed E-state index contributed by atoms with van der Waals surface area (Å²) in [6.07, 6.45) is 2.61. The summed E-state index contributed by atoms with van der Waals surface area (Å²) in [4.78, 5) is 18.9. The summed E-state index contributed by atoms with van der Waals surface area (Å²) in [6, 6.07) is 6.74. The number of aliphatic hydroxyl groups excluding tert-OH is 1. The first kappa shape index (κ1) is 19.3. The number of aliphatic hydroxyl groups is 1. The van der Waals surface area contributed by atoms with Crippen LogP contribution in [-0.2, 0) is 4.79 Å². The highest BCUT2D eigenvalue weighted by Gasteiger charge is 2.27. The minimum absolute atomic E-state index is 0.233. The summed E-state index contributed by atoms with van der Waals surface area (Å²) in [5, 5.41) is 10.3. The molecule has 2 heterocycles. The zero-order valence-electron chi connectivity index (χ0n) is 15.6. The summed E-state index contributed by atoms with van der Waals surface area (Å²) >= 11 is 0. The Morgan fingerprint density at radius 1 is 1.15 bits per heavy atom. The summed E-state index contributed by atoms with van der Waals surface area (Å²) in [5.41, 5.74) is 0.351. The van der Waals surface area contributed by atoms with Crippen LogP contribution in [0.15, 0.2) is 24.3 Å². The highest BCUT2D eigenvalue weighted by molar-refractivity contribution is 5.78. The topological polar surface area (TPSA) is 47.0 Å². The van der Waals surface area contributed by atoms with Crippen molar-refractivity contribution in [2.24, 2.45) is 0 Å². The van der Waals surface area contributed by atoms with Crippen molar-refractivity contribution in [1.82, 2.24) is 14.7 Å². The van der Waals surface area contributed by atoms with Gasteiger partial charge in [-0.15, -0.1) is 0 Å². The predicted octanol–water partition coefficient (Wildman–Crippen LogP) is 1.88. The third-order valence-corrected chi connectivity index (χ3v) is 5.64. The summed E-state index contributed by atoms with van der Waals surface area (Å²) < 4.78 is 13.8. The van der Waals surface area contributed by atoms with Gasteiger partial charge in [-0.05, 0) is 32.3 Å². The Morgan fingerprint density at radius 2 is 1.85 bits per heavy atom. The van der Waals surface area contributed by atoms with Crippen LogP contribution in [0.2, 0.25) is 0 Å². The first-order valence-corrected chi connectivity index (χ1v) is 9.71. The van der Waals surface area contributed by atoms with Crippen LogP contribution in [0.1, 0.15) is 37.9 Å². The fraction of sp³-hybridized carbons (Fsp3) is 0.650. The number of benzene rings is 1. The van der Waals surface area contributed by atoms with Gasteiger partial charge in [0.25, 0.3) is 0 Å². The number of piperidine rings is 1. The predicted molar refractivity (Wildman–Crippen MR) is 99.3 cm³/mol. The second-order valence-electron chi connectivity index (χ2n) is 7.55. The fourth-order valence-corrected chi connectivity index (χ4v) is 3.97. The molecule has 1 aromatic rings. The number of likely N-dealkylation sites (tertiary alicyclic amines) is 1. The molecule has 5 nitrogen and oxygen atoms in total. The number of hydrogen-bond donors (Lipinski definition) is 1. The second-order valence-corrected chi connectivity index (χ2v) is 7.55. The van der Waals surface area contributed by atoms with Crippen molar-refractivity contribution in [2.45, 2.75) is 38.3 Å². The lowest BCUT2D eigenvalue weighted by Gasteiger charge is -2.38. The number of nitrogens with zero attached hydrogens (tertiary/aromatic N) is 3. The molecule has 6 heteroatoms. The van der Waals surface area contributed by atoms with Crippen molar-refractivity contribution in [3.05, 3.63) is 35.6 Å². The molecule has 2 aliphatic rings. The van der Waals surface area contributed by atoms with Gasteiger partial charge < -0.3 is 10.0 Å². The lowest BCUT2D eigenvalue weighted by molar-refractivity contribution is -0.136. The van der Waals surface area contributed by atoms with Crippen LogP contribution in [0, 0.1) is 5.82 Å². The number of amides is 1. The highest BCUT2D eigenvalue weighted by Crippen LogP contribution is 2.19. The number of halogens is 1. The summed E-state index contributed by atoms with van der Waals surface area (Å²) in [7, 11) is 0. The van der Waals surface area contributed by atoms with E-state index in [2.05, 4.69) is 16.7 Å². The van der Waals surface area contributed by atoms with Gasteiger partial charge in [0.05, 0.1) is 12.6 Å². The van der Waals surface area contributed by atoms with Crippen molar-refractivity contribution in [3.63, 3.8) is 0 Å². The van der Waals surface area contributed by atoms with E-state index in [9.17, 15) is 14.3 Å². The Bertz CT molecular complexity index is 604. The largest absolute Gasteiger partial charge is 0.387 e.